The summed E-state index contributed by atoms with van der Waals surface area (Å²) in [6.45, 7) is 3.00. The Bertz CT molecular complexity index is 823. The van der Waals surface area contributed by atoms with Crippen molar-refractivity contribution >= 4 is 53.8 Å². The maximum atomic E-state index is 5.97. The normalized spacial score (nSPS) is 11.5. The first-order chi connectivity index (χ1) is 11.7. The molecule has 0 N–H and O–H groups in total. The minimum absolute atomic E-state index is 0.752. The summed E-state index contributed by atoms with van der Waals surface area (Å²) in [5, 5.41) is 2.23. The van der Waals surface area contributed by atoms with E-state index < -0.39 is 0 Å². The monoisotopic (exact) mass is 452 g/mol. The Morgan fingerprint density at radius 1 is 0.875 bits per heavy atom. The zero-order chi connectivity index (χ0) is 16.9. The number of rotatable bonds is 8. The number of benzene rings is 2. The Kier molecular flexibility index (Phi) is 6.23. The van der Waals surface area contributed by atoms with Crippen LogP contribution in [0.25, 0.3) is 21.9 Å². The smallest absolute Gasteiger partial charge is 0.139 e. The number of hydrogen-bond donors (Lipinski definition) is 0. The molecule has 0 aliphatic rings. The van der Waals surface area contributed by atoms with E-state index in [9.17, 15) is 0 Å². The first-order valence-electron chi connectivity index (χ1n) is 8.63. The van der Waals surface area contributed by atoms with Gasteiger partial charge in [-0.3, -0.25) is 0 Å². The fraction of sp³-hybridized carbons (Fsp3) is 0.400. The molecule has 0 fully saturated rings. The topological polar surface area (TPSA) is 22.4 Å². The summed E-state index contributed by atoms with van der Waals surface area (Å²) in [7, 11) is 0. The Morgan fingerprint density at radius 2 is 1.62 bits per heavy atom. The van der Waals surface area contributed by atoms with Crippen molar-refractivity contribution in [3.8, 4) is 5.75 Å². The van der Waals surface area contributed by atoms with Gasteiger partial charge in [-0.15, -0.1) is 0 Å². The lowest BCUT2D eigenvalue weighted by molar-refractivity contribution is 0.302. The van der Waals surface area contributed by atoms with Gasteiger partial charge in [0.1, 0.15) is 16.9 Å². The molecule has 2 nitrogen and oxygen atoms in total. The van der Waals surface area contributed by atoms with Crippen LogP contribution in [0.1, 0.15) is 45.4 Å². The van der Waals surface area contributed by atoms with Crippen molar-refractivity contribution in [3.05, 3.63) is 39.3 Å². The van der Waals surface area contributed by atoms with Crippen molar-refractivity contribution < 1.29 is 9.15 Å². The average Bonchev–Trinajstić information content (AvgIpc) is 2.90. The molecule has 128 valence electrons. The molecular weight excluding hydrogens is 432 g/mol. The second-order valence-corrected chi connectivity index (χ2v) is 7.91. The minimum atomic E-state index is 0.752. The highest BCUT2D eigenvalue weighted by Gasteiger charge is 2.11. The summed E-state index contributed by atoms with van der Waals surface area (Å²) in [6.07, 6.45) is 7.60. The third-order valence-electron chi connectivity index (χ3n) is 4.24. The number of furan rings is 1. The van der Waals surface area contributed by atoms with Crippen molar-refractivity contribution in [1.82, 2.24) is 0 Å². The van der Waals surface area contributed by atoms with Gasteiger partial charge in [0.05, 0.1) is 11.1 Å². The molecule has 0 atom stereocenters. The molecular formula is C20H22Br2O2. The van der Waals surface area contributed by atoms with Crippen LogP contribution in [0.3, 0.4) is 0 Å². The molecule has 3 rings (SSSR count). The van der Waals surface area contributed by atoms with E-state index in [4.69, 9.17) is 9.15 Å². The molecule has 24 heavy (non-hydrogen) atoms. The van der Waals surface area contributed by atoms with E-state index in [0.29, 0.717) is 0 Å². The van der Waals surface area contributed by atoms with Crippen LogP contribution in [0.5, 0.6) is 5.75 Å². The zero-order valence-corrected chi connectivity index (χ0v) is 17.1. The van der Waals surface area contributed by atoms with Gasteiger partial charge in [-0.2, -0.15) is 0 Å². The van der Waals surface area contributed by atoms with Gasteiger partial charge in [-0.1, -0.05) is 55.0 Å². The molecule has 0 amide bonds. The second kappa shape index (κ2) is 8.39. The largest absolute Gasteiger partial charge is 0.492 e. The molecule has 0 aliphatic carbocycles. The van der Waals surface area contributed by atoms with Crippen LogP contribution in [-0.2, 0) is 0 Å². The van der Waals surface area contributed by atoms with Crippen molar-refractivity contribution in [3.63, 3.8) is 0 Å². The maximum Gasteiger partial charge on any atom is 0.139 e. The molecule has 1 aromatic heterocycles. The van der Waals surface area contributed by atoms with E-state index in [1.165, 1.54) is 32.1 Å². The molecule has 0 bridgehead atoms. The number of unbranched alkanes of at least 4 members (excludes halogenated alkanes) is 5. The van der Waals surface area contributed by atoms with Crippen LogP contribution in [0, 0.1) is 0 Å². The van der Waals surface area contributed by atoms with E-state index in [0.717, 1.165) is 49.7 Å². The van der Waals surface area contributed by atoms with E-state index in [1.807, 2.05) is 18.2 Å². The number of hydrogen-bond acceptors (Lipinski definition) is 2. The van der Waals surface area contributed by atoms with E-state index >= 15 is 0 Å². The van der Waals surface area contributed by atoms with Crippen LogP contribution in [0.15, 0.2) is 43.7 Å². The predicted octanol–water partition coefficient (Wildman–Crippen LogP) is 7.85. The van der Waals surface area contributed by atoms with E-state index in [-0.39, 0.29) is 0 Å². The highest BCUT2D eigenvalue weighted by Crippen LogP contribution is 2.37. The standard InChI is InChI=1S/C20H22Br2O2/c1-2-3-4-5-6-7-10-23-20-13-19-16(12-17(20)22)15-9-8-14(21)11-18(15)24-19/h8-9,11-13H,2-7,10H2,1H3. The van der Waals surface area contributed by atoms with Gasteiger partial charge in [0.25, 0.3) is 0 Å². The molecule has 0 radical (unpaired) electrons. The lowest BCUT2D eigenvalue weighted by Gasteiger charge is -2.08. The molecule has 1 heterocycles. The minimum Gasteiger partial charge on any atom is -0.492 e. The highest BCUT2D eigenvalue weighted by atomic mass is 79.9. The predicted molar refractivity (Wildman–Crippen MR) is 108 cm³/mol. The zero-order valence-electron chi connectivity index (χ0n) is 13.9. The quantitative estimate of drug-likeness (QED) is 0.324. The summed E-state index contributed by atoms with van der Waals surface area (Å²) in [4.78, 5) is 0. The Hall–Kier alpha value is -1.00. The van der Waals surface area contributed by atoms with Crippen LogP contribution in [0.4, 0.5) is 0 Å². The number of ether oxygens (including phenoxy) is 1. The van der Waals surface area contributed by atoms with Gasteiger partial charge < -0.3 is 9.15 Å². The summed E-state index contributed by atoms with van der Waals surface area (Å²) in [5.74, 6) is 0.856. The van der Waals surface area contributed by atoms with Gasteiger partial charge >= 0.3 is 0 Å². The Morgan fingerprint density at radius 3 is 2.46 bits per heavy atom. The number of halogens is 2. The fourth-order valence-electron chi connectivity index (χ4n) is 2.93. The molecule has 3 aromatic rings. The molecule has 0 unspecified atom stereocenters. The van der Waals surface area contributed by atoms with Crippen molar-refractivity contribution in [2.24, 2.45) is 0 Å². The first-order valence-corrected chi connectivity index (χ1v) is 10.2. The fourth-order valence-corrected chi connectivity index (χ4v) is 3.72. The van der Waals surface area contributed by atoms with Crippen LogP contribution < -0.4 is 4.74 Å². The molecule has 0 saturated carbocycles. The first kappa shape index (κ1) is 17.8. The van der Waals surface area contributed by atoms with Crippen LogP contribution >= 0.6 is 31.9 Å². The summed E-state index contributed by atoms with van der Waals surface area (Å²) in [6, 6.07) is 10.2. The Labute approximate surface area is 159 Å². The Balaban J connectivity index is 1.68. The van der Waals surface area contributed by atoms with Crippen molar-refractivity contribution in [2.45, 2.75) is 45.4 Å². The van der Waals surface area contributed by atoms with Gasteiger partial charge in [0.2, 0.25) is 0 Å². The van der Waals surface area contributed by atoms with E-state index in [1.54, 1.807) is 0 Å². The van der Waals surface area contributed by atoms with E-state index in [2.05, 4.69) is 50.9 Å². The molecule has 0 saturated heterocycles. The maximum absolute atomic E-state index is 5.97. The SMILES string of the molecule is CCCCCCCCOc1cc2oc3cc(Br)ccc3c2cc1Br. The molecule has 0 aliphatic heterocycles. The van der Waals surface area contributed by atoms with Gasteiger partial charge in [-0.05, 0) is 46.6 Å². The van der Waals surface area contributed by atoms with Gasteiger partial charge in [0, 0.05) is 21.3 Å². The summed E-state index contributed by atoms with van der Waals surface area (Å²) >= 11 is 7.12. The summed E-state index contributed by atoms with van der Waals surface area (Å²) in [5.41, 5.74) is 1.75. The molecule has 4 heteroatoms. The average molecular weight is 454 g/mol. The molecule has 2 aromatic carbocycles. The van der Waals surface area contributed by atoms with Gasteiger partial charge in [-0.25, -0.2) is 0 Å². The lowest BCUT2D eigenvalue weighted by Crippen LogP contribution is -1.98. The van der Waals surface area contributed by atoms with Crippen molar-refractivity contribution in [2.75, 3.05) is 6.61 Å². The third-order valence-corrected chi connectivity index (χ3v) is 5.36. The van der Waals surface area contributed by atoms with Crippen LogP contribution in [0.2, 0.25) is 0 Å². The molecule has 0 spiro atoms. The second-order valence-electron chi connectivity index (χ2n) is 6.14. The van der Waals surface area contributed by atoms with Crippen molar-refractivity contribution in [1.29, 1.82) is 0 Å². The highest BCUT2D eigenvalue weighted by molar-refractivity contribution is 9.10. The van der Waals surface area contributed by atoms with Crippen LogP contribution in [-0.4, -0.2) is 6.61 Å². The van der Waals surface area contributed by atoms with Gasteiger partial charge in [0.15, 0.2) is 0 Å². The number of fused-ring (bicyclic) bond motifs is 3. The third kappa shape index (κ3) is 4.15. The summed E-state index contributed by atoms with van der Waals surface area (Å²) < 4.78 is 13.9. The lowest BCUT2D eigenvalue weighted by atomic mass is 10.1.